The van der Waals surface area contributed by atoms with Crippen molar-refractivity contribution in [3.8, 4) is 5.69 Å². The first-order valence-corrected chi connectivity index (χ1v) is 6.87. The summed E-state index contributed by atoms with van der Waals surface area (Å²) in [5.41, 5.74) is 3.09. The molecule has 1 heterocycles. The van der Waals surface area contributed by atoms with Gasteiger partial charge < -0.3 is 10.1 Å². The molecular formula is C13H17BrN4O. The van der Waals surface area contributed by atoms with E-state index in [9.17, 15) is 0 Å². The third kappa shape index (κ3) is 3.86. The fourth-order valence-electron chi connectivity index (χ4n) is 1.69. The summed E-state index contributed by atoms with van der Waals surface area (Å²) in [6.45, 7) is 4.24. The van der Waals surface area contributed by atoms with Gasteiger partial charge >= 0.3 is 0 Å². The monoisotopic (exact) mass is 324 g/mol. The van der Waals surface area contributed by atoms with Gasteiger partial charge in [0.15, 0.2) is 0 Å². The largest absolute Gasteiger partial charge is 0.383 e. The topological polar surface area (TPSA) is 52.0 Å². The molecule has 0 atom stereocenters. The van der Waals surface area contributed by atoms with Crippen molar-refractivity contribution in [1.29, 1.82) is 0 Å². The Balaban J connectivity index is 2.06. The maximum absolute atomic E-state index is 4.97. The van der Waals surface area contributed by atoms with Crippen LogP contribution in [0.3, 0.4) is 0 Å². The van der Waals surface area contributed by atoms with E-state index in [-0.39, 0.29) is 0 Å². The molecule has 0 unspecified atom stereocenters. The predicted octanol–water partition coefficient (Wildman–Crippen LogP) is 2.07. The van der Waals surface area contributed by atoms with Gasteiger partial charge in [0, 0.05) is 24.7 Å². The molecule has 1 aromatic carbocycles. The van der Waals surface area contributed by atoms with Crippen molar-refractivity contribution in [2.45, 2.75) is 13.5 Å². The van der Waals surface area contributed by atoms with Crippen LogP contribution in [0.5, 0.6) is 0 Å². The van der Waals surface area contributed by atoms with Crippen molar-refractivity contribution < 1.29 is 4.74 Å². The quantitative estimate of drug-likeness (QED) is 0.826. The van der Waals surface area contributed by atoms with E-state index in [1.807, 2.05) is 12.3 Å². The number of hydrogen-bond donors (Lipinski definition) is 1. The Hall–Kier alpha value is -1.24. The van der Waals surface area contributed by atoms with E-state index in [1.54, 1.807) is 11.8 Å². The number of nitrogens with zero attached hydrogens (tertiary/aromatic N) is 3. The summed E-state index contributed by atoms with van der Waals surface area (Å²) >= 11 is 3.53. The highest BCUT2D eigenvalue weighted by Gasteiger charge is 2.06. The Morgan fingerprint density at radius 1 is 1.42 bits per heavy atom. The predicted molar refractivity (Wildman–Crippen MR) is 77.4 cm³/mol. The summed E-state index contributed by atoms with van der Waals surface area (Å²) in [6, 6.07) is 6.14. The summed E-state index contributed by atoms with van der Waals surface area (Å²) in [7, 11) is 1.69. The molecule has 0 aliphatic heterocycles. The van der Waals surface area contributed by atoms with E-state index < -0.39 is 0 Å². The molecule has 0 saturated carbocycles. The zero-order valence-corrected chi connectivity index (χ0v) is 12.6. The number of aryl methyl sites for hydroxylation is 1. The summed E-state index contributed by atoms with van der Waals surface area (Å²) in [5, 5.41) is 11.5. The number of rotatable bonds is 6. The molecule has 0 aliphatic carbocycles. The Kier molecular flexibility index (Phi) is 5.07. The molecule has 2 rings (SSSR count). The number of aromatic nitrogens is 3. The van der Waals surface area contributed by atoms with Crippen LogP contribution in [0.2, 0.25) is 0 Å². The highest BCUT2D eigenvalue weighted by Crippen LogP contribution is 2.21. The van der Waals surface area contributed by atoms with Gasteiger partial charge in [-0.05, 0) is 40.5 Å². The minimum Gasteiger partial charge on any atom is -0.383 e. The maximum Gasteiger partial charge on any atom is 0.0969 e. The molecule has 0 amide bonds. The lowest BCUT2D eigenvalue weighted by atomic mass is 10.2. The van der Waals surface area contributed by atoms with Crippen molar-refractivity contribution in [3.63, 3.8) is 0 Å². The average Bonchev–Trinajstić information content (AvgIpc) is 2.86. The van der Waals surface area contributed by atoms with Gasteiger partial charge in [-0.15, -0.1) is 5.10 Å². The van der Waals surface area contributed by atoms with Crippen molar-refractivity contribution in [3.05, 3.63) is 40.1 Å². The zero-order valence-electron chi connectivity index (χ0n) is 11.1. The molecule has 0 radical (unpaired) electrons. The van der Waals surface area contributed by atoms with Gasteiger partial charge in [-0.2, -0.15) is 0 Å². The molecule has 2 aromatic rings. The van der Waals surface area contributed by atoms with Gasteiger partial charge in [0.1, 0.15) is 0 Å². The standard InChI is InChI=1S/C13H17BrN4O/c1-10-3-4-12(14)13(7-10)18-9-11(16-17-18)8-15-5-6-19-2/h3-4,7,9,15H,5-6,8H2,1-2H3. The Morgan fingerprint density at radius 3 is 3.05 bits per heavy atom. The highest BCUT2D eigenvalue weighted by atomic mass is 79.9. The minimum absolute atomic E-state index is 0.687. The van der Waals surface area contributed by atoms with Crippen LogP contribution in [-0.2, 0) is 11.3 Å². The fourth-order valence-corrected chi connectivity index (χ4v) is 2.11. The second kappa shape index (κ2) is 6.79. The molecular weight excluding hydrogens is 308 g/mol. The van der Waals surface area contributed by atoms with Crippen LogP contribution in [-0.4, -0.2) is 35.3 Å². The molecule has 19 heavy (non-hydrogen) atoms. The van der Waals surface area contributed by atoms with E-state index in [4.69, 9.17) is 4.74 Å². The number of ether oxygens (including phenoxy) is 1. The molecule has 102 valence electrons. The number of hydrogen-bond acceptors (Lipinski definition) is 4. The first-order chi connectivity index (χ1) is 9.20. The highest BCUT2D eigenvalue weighted by molar-refractivity contribution is 9.10. The van der Waals surface area contributed by atoms with Crippen molar-refractivity contribution >= 4 is 15.9 Å². The van der Waals surface area contributed by atoms with E-state index in [0.717, 1.165) is 22.4 Å². The third-order valence-electron chi connectivity index (χ3n) is 2.68. The van der Waals surface area contributed by atoms with Crippen LogP contribution in [0.25, 0.3) is 5.69 Å². The Morgan fingerprint density at radius 2 is 2.26 bits per heavy atom. The molecule has 0 bridgehead atoms. The first kappa shape index (κ1) is 14.2. The van der Waals surface area contributed by atoms with Gasteiger partial charge in [0.2, 0.25) is 0 Å². The molecule has 5 nitrogen and oxygen atoms in total. The van der Waals surface area contributed by atoms with Gasteiger partial charge in [0.25, 0.3) is 0 Å². The average molecular weight is 325 g/mol. The second-order valence-corrected chi connectivity index (χ2v) is 5.13. The van der Waals surface area contributed by atoms with Crippen LogP contribution in [0.1, 0.15) is 11.3 Å². The van der Waals surface area contributed by atoms with Gasteiger partial charge in [-0.3, -0.25) is 0 Å². The van der Waals surface area contributed by atoms with Crippen LogP contribution in [0.4, 0.5) is 0 Å². The van der Waals surface area contributed by atoms with Crippen molar-refractivity contribution in [2.24, 2.45) is 0 Å². The summed E-state index contributed by atoms with van der Waals surface area (Å²) in [4.78, 5) is 0. The lowest BCUT2D eigenvalue weighted by molar-refractivity contribution is 0.199. The third-order valence-corrected chi connectivity index (χ3v) is 3.35. The van der Waals surface area contributed by atoms with E-state index in [2.05, 4.69) is 50.6 Å². The lowest BCUT2D eigenvalue weighted by Gasteiger charge is -2.04. The van der Waals surface area contributed by atoms with Gasteiger partial charge in [0.05, 0.1) is 24.2 Å². The van der Waals surface area contributed by atoms with Crippen LogP contribution in [0, 0.1) is 6.92 Å². The molecule has 6 heteroatoms. The lowest BCUT2D eigenvalue weighted by Crippen LogP contribution is -2.18. The van der Waals surface area contributed by atoms with Gasteiger partial charge in [-0.1, -0.05) is 11.3 Å². The number of halogens is 1. The first-order valence-electron chi connectivity index (χ1n) is 6.08. The minimum atomic E-state index is 0.687. The second-order valence-electron chi connectivity index (χ2n) is 4.28. The smallest absolute Gasteiger partial charge is 0.0969 e. The molecule has 0 fully saturated rings. The molecule has 0 aliphatic rings. The SMILES string of the molecule is COCCNCc1cn(-c2cc(C)ccc2Br)nn1. The Bertz CT molecular complexity index is 541. The van der Waals surface area contributed by atoms with Crippen molar-refractivity contribution in [2.75, 3.05) is 20.3 Å². The molecule has 0 spiro atoms. The number of nitrogens with one attached hydrogen (secondary N) is 1. The summed E-state index contributed by atoms with van der Waals surface area (Å²) in [6.07, 6.45) is 1.93. The molecule has 0 saturated heterocycles. The fraction of sp³-hybridized carbons (Fsp3) is 0.385. The van der Waals surface area contributed by atoms with Crippen LogP contribution in [0.15, 0.2) is 28.9 Å². The molecule has 1 aromatic heterocycles. The van der Waals surface area contributed by atoms with Crippen LogP contribution >= 0.6 is 15.9 Å². The van der Waals surface area contributed by atoms with E-state index in [1.165, 1.54) is 5.56 Å². The maximum atomic E-state index is 4.97. The van der Waals surface area contributed by atoms with E-state index in [0.29, 0.717) is 13.2 Å². The van der Waals surface area contributed by atoms with Gasteiger partial charge in [-0.25, -0.2) is 4.68 Å². The Labute approximate surface area is 121 Å². The normalized spacial score (nSPS) is 10.9. The summed E-state index contributed by atoms with van der Waals surface area (Å²) < 4.78 is 7.76. The molecule has 1 N–H and O–H groups in total. The zero-order chi connectivity index (χ0) is 13.7. The van der Waals surface area contributed by atoms with Crippen molar-refractivity contribution in [1.82, 2.24) is 20.3 Å². The number of methoxy groups -OCH3 is 1. The van der Waals surface area contributed by atoms with E-state index >= 15 is 0 Å². The number of benzene rings is 1. The summed E-state index contributed by atoms with van der Waals surface area (Å²) in [5.74, 6) is 0. The van der Waals surface area contributed by atoms with Crippen LogP contribution < -0.4 is 5.32 Å².